The average Bonchev–Trinajstić information content (AvgIpc) is 3.03. The maximum absolute atomic E-state index is 12.5. The third-order valence-corrected chi connectivity index (χ3v) is 4.93. The molecule has 7 nitrogen and oxygen atoms in total. The van der Waals surface area contributed by atoms with Crippen LogP contribution in [0.1, 0.15) is 33.9 Å². The minimum atomic E-state index is -0.277. The van der Waals surface area contributed by atoms with Crippen molar-refractivity contribution in [1.82, 2.24) is 15.6 Å². The number of ether oxygens (including phenoxy) is 1. The van der Waals surface area contributed by atoms with Gasteiger partial charge in [-0.05, 0) is 17.7 Å². The lowest BCUT2D eigenvalue weighted by atomic mass is 10.0. The summed E-state index contributed by atoms with van der Waals surface area (Å²) in [4.78, 5) is 31.1. The molecule has 1 atom stereocenters. The largest absolute Gasteiger partial charge is 0.378 e. The predicted octanol–water partition coefficient (Wildman–Crippen LogP) is 1.41. The third kappa shape index (κ3) is 3.78. The summed E-state index contributed by atoms with van der Waals surface area (Å²) in [6, 6.07) is 11.0. The van der Waals surface area contributed by atoms with Crippen LogP contribution in [0.2, 0.25) is 0 Å². The maximum atomic E-state index is 12.5. The fourth-order valence-electron chi connectivity index (χ4n) is 3.56. The van der Waals surface area contributed by atoms with Crippen LogP contribution >= 0.6 is 0 Å². The van der Waals surface area contributed by atoms with Crippen LogP contribution in [0.15, 0.2) is 42.6 Å². The van der Waals surface area contributed by atoms with Crippen LogP contribution in [-0.2, 0) is 16.1 Å². The Morgan fingerprint density at radius 2 is 2.04 bits per heavy atom. The van der Waals surface area contributed by atoms with Gasteiger partial charge in [-0.2, -0.15) is 0 Å². The zero-order valence-corrected chi connectivity index (χ0v) is 15.0. The van der Waals surface area contributed by atoms with Gasteiger partial charge in [0, 0.05) is 37.0 Å². The summed E-state index contributed by atoms with van der Waals surface area (Å²) in [6.45, 7) is 3.36. The standard InChI is InChI=1S/C20H22N4O3/c25-18(12-17-15-5-1-2-6-16(15)20(26)23-17)22-13-14-4-3-7-21-19(14)24-8-10-27-11-9-24/h1-7,17H,8-13H2,(H,22,25)(H,23,26). The minimum absolute atomic E-state index is 0.103. The first kappa shape index (κ1) is 17.5. The van der Waals surface area contributed by atoms with Crippen LogP contribution in [0.4, 0.5) is 5.82 Å². The molecule has 1 fully saturated rings. The van der Waals surface area contributed by atoms with Gasteiger partial charge < -0.3 is 20.3 Å². The molecule has 1 aromatic heterocycles. The molecule has 2 amide bonds. The first-order valence-corrected chi connectivity index (χ1v) is 9.15. The first-order valence-electron chi connectivity index (χ1n) is 9.15. The number of fused-ring (bicyclic) bond motifs is 1. The number of pyridine rings is 1. The van der Waals surface area contributed by atoms with Gasteiger partial charge in [0.2, 0.25) is 5.91 Å². The molecule has 7 heteroatoms. The SMILES string of the molecule is O=C(CC1NC(=O)c2ccccc21)NCc1cccnc1N1CCOCC1. The molecule has 0 bridgehead atoms. The van der Waals surface area contributed by atoms with Gasteiger partial charge in [0.05, 0.1) is 25.7 Å². The van der Waals surface area contributed by atoms with E-state index in [2.05, 4.69) is 20.5 Å². The van der Waals surface area contributed by atoms with Gasteiger partial charge in [-0.1, -0.05) is 24.3 Å². The van der Waals surface area contributed by atoms with Crippen molar-refractivity contribution in [2.45, 2.75) is 19.0 Å². The van der Waals surface area contributed by atoms with Crippen LogP contribution in [0, 0.1) is 0 Å². The van der Waals surface area contributed by atoms with Crippen molar-refractivity contribution in [3.63, 3.8) is 0 Å². The minimum Gasteiger partial charge on any atom is -0.378 e. The van der Waals surface area contributed by atoms with Crippen molar-refractivity contribution in [1.29, 1.82) is 0 Å². The number of hydrogen-bond donors (Lipinski definition) is 2. The number of nitrogens with one attached hydrogen (secondary N) is 2. The molecule has 3 heterocycles. The normalized spacial score (nSPS) is 18.7. The van der Waals surface area contributed by atoms with Crippen LogP contribution in [0.25, 0.3) is 0 Å². The number of morpholine rings is 1. The summed E-state index contributed by atoms with van der Waals surface area (Å²) < 4.78 is 5.40. The lowest BCUT2D eigenvalue weighted by molar-refractivity contribution is -0.121. The van der Waals surface area contributed by atoms with Crippen molar-refractivity contribution in [2.24, 2.45) is 0 Å². The lowest BCUT2D eigenvalue weighted by Crippen LogP contribution is -2.38. The number of rotatable bonds is 5. The third-order valence-electron chi connectivity index (χ3n) is 4.93. The quantitative estimate of drug-likeness (QED) is 0.836. The zero-order valence-electron chi connectivity index (χ0n) is 15.0. The van der Waals surface area contributed by atoms with Gasteiger partial charge in [0.15, 0.2) is 0 Å². The van der Waals surface area contributed by atoms with E-state index in [0.717, 1.165) is 30.0 Å². The maximum Gasteiger partial charge on any atom is 0.252 e. The Morgan fingerprint density at radius 3 is 2.89 bits per heavy atom. The Balaban J connectivity index is 1.39. The Hall–Kier alpha value is -2.93. The number of nitrogens with zero attached hydrogens (tertiary/aromatic N) is 2. The summed E-state index contributed by atoms with van der Waals surface area (Å²) in [5.41, 5.74) is 2.51. The molecule has 2 aliphatic rings. The highest BCUT2D eigenvalue weighted by Crippen LogP contribution is 2.27. The molecule has 2 aromatic rings. The number of benzene rings is 1. The smallest absolute Gasteiger partial charge is 0.252 e. The van der Waals surface area contributed by atoms with Gasteiger partial charge in [0.1, 0.15) is 5.82 Å². The van der Waals surface area contributed by atoms with E-state index in [0.29, 0.717) is 25.3 Å². The van der Waals surface area contributed by atoms with Gasteiger partial charge >= 0.3 is 0 Å². The number of amides is 2. The molecular weight excluding hydrogens is 344 g/mol. The number of carbonyl (C=O) groups excluding carboxylic acids is 2. The van der Waals surface area contributed by atoms with E-state index in [9.17, 15) is 9.59 Å². The summed E-state index contributed by atoms with van der Waals surface area (Å²) in [6.07, 6.45) is 1.98. The van der Waals surface area contributed by atoms with Crippen molar-refractivity contribution in [3.8, 4) is 0 Å². The fourth-order valence-corrected chi connectivity index (χ4v) is 3.56. The molecule has 0 saturated carbocycles. The van der Waals surface area contributed by atoms with Crippen molar-refractivity contribution >= 4 is 17.6 Å². The van der Waals surface area contributed by atoms with Crippen molar-refractivity contribution in [2.75, 3.05) is 31.2 Å². The molecule has 4 rings (SSSR count). The number of aromatic nitrogens is 1. The van der Waals surface area contributed by atoms with Crippen LogP contribution in [0.3, 0.4) is 0 Å². The molecule has 2 N–H and O–H groups in total. The Labute approximate surface area is 157 Å². The molecule has 140 valence electrons. The van der Waals surface area contributed by atoms with Gasteiger partial charge in [0.25, 0.3) is 5.91 Å². The summed E-state index contributed by atoms with van der Waals surface area (Å²) >= 11 is 0. The Kier molecular flexibility index (Phi) is 5.02. The highest BCUT2D eigenvalue weighted by atomic mass is 16.5. The second-order valence-corrected chi connectivity index (χ2v) is 6.68. The Bertz CT molecular complexity index is 849. The van der Waals surface area contributed by atoms with E-state index in [1.807, 2.05) is 30.3 Å². The van der Waals surface area contributed by atoms with Crippen molar-refractivity contribution < 1.29 is 14.3 Å². The van der Waals surface area contributed by atoms with Crippen LogP contribution in [-0.4, -0.2) is 43.1 Å². The number of hydrogen-bond acceptors (Lipinski definition) is 5. The van der Waals surface area contributed by atoms with Crippen LogP contribution in [0.5, 0.6) is 0 Å². The predicted molar refractivity (Wildman–Crippen MR) is 100 cm³/mol. The molecule has 0 spiro atoms. The molecule has 0 radical (unpaired) electrons. The monoisotopic (exact) mass is 366 g/mol. The van der Waals surface area contributed by atoms with E-state index >= 15 is 0 Å². The second-order valence-electron chi connectivity index (χ2n) is 6.68. The first-order chi connectivity index (χ1) is 13.2. The number of carbonyl (C=O) groups is 2. The van der Waals surface area contributed by atoms with E-state index in [-0.39, 0.29) is 24.3 Å². The van der Waals surface area contributed by atoms with E-state index in [4.69, 9.17) is 4.74 Å². The molecule has 1 saturated heterocycles. The average molecular weight is 366 g/mol. The Morgan fingerprint density at radius 1 is 1.22 bits per heavy atom. The highest BCUT2D eigenvalue weighted by molar-refractivity contribution is 5.99. The van der Waals surface area contributed by atoms with E-state index < -0.39 is 0 Å². The lowest BCUT2D eigenvalue weighted by Gasteiger charge is -2.29. The molecular formula is C20H22N4O3. The van der Waals surface area contributed by atoms with E-state index in [1.54, 1.807) is 12.3 Å². The molecule has 1 unspecified atom stereocenters. The fraction of sp³-hybridized carbons (Fsp3) is 0.350. The second kappa shape index (κ2) is 7.75. The number of anilines is 1. The van der Waals surface area contributed by atoms with E-state index in [1.165, 1.54) is 0 Å². The topological polar surface area (TPSA) is 83.6 Å². The van der Waals surface area contributed by atoms with Gasteiger partial charge in [-0.25, -0.2) is 4.98 Å². The molecule has 1 aromatic carbocycles. The zero-order chi connectivity index (χ0) is 18.6. The highest BCUT2D eigenvalue weighted by Gasteiger charge is 2.29. The summed E-state index contributed by atoms with van der Waals surface area (Å²) in [5.74, 6) is 0.666. The summed E-state index contributed by atoms with van der Waals surface area (Å²) in [5, 5.41) is 5.84. The molecule has 27 heavy (non-hydrogen) atoms. The van der Waals surface area contributed by atoms with Crippen molar-refractivity contribution in [3.05, 3.63) is 59.3 Å². The van der Waals surface area contributed by atoms with Gasteiger partial charge in [-0.3, -0.25) is 9.59 Å². The molecule has 2 aliphatic heterocycles. The van der Waals surface area contributed by atoms with Gasteiger partial charge in [-0.15, -0.1) is 0 Å². The van der Waals surface area contributed by atoms with Crippen LogP contribution < -0.4 is 15.5 Å². The summed E-state index contributed by atoms with van der Waals surface area (Å²) in [7, 11) is 0. The molecule has 0 aliphatic carbocycles.